The van der Waals surface area contributed by atoms with E-state index in [-0.39, 0.29) is 30.4 Å². The number of ether oxygens (including phenoxy) is 2. The molecule has 214 valence electrons. The predicted octanol–water partition coefficient (Wildman–Crippen LogP) is 4.09. The molecule has 0 saturated heterocycles. The van der Waals surface area contributed by atoms with Gasteiger partial charge in [0.2, 0.25) is 5.60 Å². The van der Waals surface area contributed by atoms with Gasteiger partial charge in [0.25, 0.3) is 0 Å². The van der Waals surface area contributed by atoms with Crippen molar-refractivity contribution >= 4 is 17.7 Å². The molecule has 0 unspecified atom stereocenters. The Kier molecular flexibility index (Phi) is 6.70. The normalized spacial score (nSPS) is 40.6. The lowest BCUT2D eigenvalue weighted by Crippen LogP contribution is -2.71. The minimum Gasteiger partial charge on any atom is -0.447 e. The molecule has 41 heavy (non-hydrogen) atoms. The van der Waals surface area contributed by atoms with Gasteiger partial charge in [-0.15, -0.1) is 0 Å². The van der Waals surface area contributed by atoms with Gasteiger partial charge in [0.15, 0.2) is 18.1 Å². The molecule has 1 aromatic carbocycles. The first kappa shape index (κ1) is 28.6. The van der Waals surface area contributed by atoms with E-state index in [1.807, 2.05) is 6.07 Å². The number of benzene rings is 1. The van der Waals surface area contributed by atoms with E-state index in [0.29, 0.717) is 5.56 Å². The molecule has 9 atom stereocenters. The smallest absolute Gasteiger partial charge is 0.352 e. The van der Waals surface area contributed by atoms with Crippen LogP contribution >= 0.6 is 0 Å². The quantitative estimate of drug-likeness (QED) is 0.540. The third-order valence-corrected chi connectivity index (χ3v) is 10.2. The van der Waals surface area contributed by atoms with Crippen molar-refractivity contribution in [2.45, 2.75) is 63.6 Å². The van der Waals surface area contributed by atoms with Gasteiger partial charge in [-0.05, 0) is 74.1 Å². The van der Waals surface area contributed by atoms with Gasteiger partial charge in [-0.2, -0.15) is 10.5 Å². The highest BCUT2D eigenvalue weighted by Gasteiger charge is 2.78. The fraction of sp³-hybridized carbons (Fsp3) is 0.516. The van der Waals surface area contributed by atoms with E-state index < -0.39 is 76.5 Å². The van der Waals surface area contributed by atoms with Gasteiger partial charge in [-0.25, -0.2) is 18.4 Å². The SMILES string of the molecule is C[C@@H]1C[C@H]2[C@@H]3C[C@H](F)C4=CC(=O)C=C[C@]4(C)[C@@]3(F)[C@@H](O)C[C@]2(C)[C@@]1(OC(=O)c1ccc(C#N)cc1)C(=O)OCC#N. The van der Waals surface area contributed by atoms with Crippen molar-refractivity contribution in [2.24, 2.45) is 28.6 Å². The lowest BCUT2D eigenvalue weighted by molar-refractivity contribution is -0.230. The average molecular weight is 565 g/mol. The fourth-order valence-electron chi connectivity index (χ4n) is 8.31. The summed E-state index contributed by atoms with van der Waals surface area (Å²) in [7, 11) is 0. The van der Waals surface area contributed by atoms with Crippen molar-refractivity contribution < 1.29 is 37.7 Å². The van der Waals surface area contributed by atoms with E-state index in [2.05, 4.69) is 0 Å². The molecule has 0 radical (unpaired) electrons. The lowest BCUT2D eigenvalue weighted by Gasteiger charge is -2.63. The monoisotopic (exact) mass is 564 g/mol. The van der Waals surface area contributed by atoms with E-state index in [4.69, 9.17) is 20.0 Å². The van der Waals surface area contributed by atoms with E-state index >= 15 is 8.78 Å². The van der Waals surface area contributed by atoms with Crippen molar-refractivity contribution in [3.05, 3.63) is 59.2 Å². The number of nitrogens with zero attached hydrogens (tertiary/aromatic N) is 2. The molecule has 3 saturated carbocycles. The highest BCUT2D eigenvalue weighted by molar-refractivity contribution is 6.01. The van der Waals surface area contributed by atoms with Crippen LogP contribution in [0.4, 0.5) is 8.78 Å². The number of carbonyl (C=O) groups is 3. The number of hydrogen-bond acceptors (Lipinski definition) is 8. The molecular formula is C31H30F2N2O6. The Hall–Kier alpha value is -3.89. The summed E-state index contributed by atoms with van der Waals surface area (Å²) in [5.41, 5.74) is -7.11. The fourth-order valence-corrected chi connectivity index (χ4v) is 8.31. The van der Waals surface area contributed by atoms with E-state index in [9.17, 15) is 19.5 Å². The van der Waals surface area contributed by atoms with Crippen molar-refractivity contribution in [3.63, 3.8) is 0 Å². The Bertz CT molecular complexity index is 1460. The van der Waals surface area contributed by atoms with Crippen LogP contribution in [0, 0.1) is 51.2 Å². The molecule has 0 heterocycles. The van der Waals surface area contributed by atoms with Crippen LogP contribution in [0.5, 0.6) is 0 Å². The first-order valence-corrected chi connectivity index (χ1v) is 13.5. The van der Waals surface area contributed by atoms with E-state index in [1.54, 1.807) is 19.9 Å². The molecule has 0 amide bonds. The number of hydrogen-bond donors (Lipinski definition) is 1. The average Bonchev–Trinajstić information content (AvgIpc) is 3.16. The molecular weight excluding hydrogens is 534 g/mol. The third kappa shape index (κ3) is 3.73. The predicted molar refractivity (Wildman–Crippen MR) is 139 cm³/mol. The number of esters is 2. The highest BCUT2D eigenvalue weighted by atomic mass is 19.1. The number of carbonyl (C=O) groups excluding carboxylic acids is 3. The second-order valence-corrected chi connectivity index (χ2v) is 12.0. The van der Waals surface area contributed by atoms with Crippen LogP contribution in [0.2, 0.25) is 0 Å². The number of nitriles is 2. The number of alkyl halides is 2. The summed E-state index contributed by atoms with van der Waals surface area (Å²) >= 11 is 0. The summed E-state index contributed by atoms with van der Waals surface area (Å²) in [4.78, 5) is 39.3. The maximum Gasteiger partial charge on any atom is 0.352 e. The number of allylic oxidation sites excluding steroid dienone is 4. The number of rotatable bonds is 4. The molecule has 3 fully saturated rings. The first-order chi connectivity index (χ1) is 19.3. The van der Waals surface area contributed by atoms with Crippen LogP contribution in [0.25, 0.3) is 0 Å². The Morgan fingerprint density at radius 3 is 2.46 bits per heavy atom. The molecule has 0 spiro atoms. The highest BCUT2D eigenvalue weighted by Crippen LogP contribution is 2.71. The molecule has 0 aromatic heterocycles. The summed E-state index contributed by atoms with van der Waals surface area (Å²) in [6.07, 6.45) is -0.318. The van der Waals surface area contributed by atoms with Gasteiger partial charge in [0.05, 0.1) is 23.3 Å². The second kappa shape index (κ2) is 9.60. The standard InChI is InChI=1S/C31H30F2N2O6/c1-17-12-21-22-14-24(32)23-13-20(36)8-9-28(23,2)30(22,33)25(37)15-29(21,3)31(17,27(39)40-11-10-34)41-26(38)19-6-4-18(16-35)5-7-19/h4-9,13,17,21-22,24-25,37H,11-12,14-15H2,1-3H3/t17-,21+,22+,24+,25+,28+,29+,30+,31+/m1/s1. The Morgan fingerprint density at radius 2 is 1.83 bits per heavy atom. The van der Waals surface area contributed by atoms with E-state index in [1.165, 1.54) is 43.3 Å². The Labute approximate surface area is 236 Å². The Balaban J connectivity index is 1.62. The molecule has 8 nitrogen and oxygen atoms in total. The molecule has 1 N–H and O–H groups in total. The van der Waals surface area contributed by atoms with Gasteiger partial charge < -0.3 is 14.6 Å². The van der Waals surface area contributed by atoms with Crippen LogP contribution in [0.15, 0.2) is 48.1 Å². The number of ketones is 1. The van der Waals surface area contributed by atoms with Crippen molar-refractivity contribution in [1.29, 1.82) is 10.5 Å². The maximum atomic E-state index is 17.5. The minimum absolute atomic E-state index is 0.0237. The molecule has 4 aliphatic rings. The van der Waals surface area contributed by atoms with Gasteiger partial charge in [0.1, 0.15) is 12.2 Å². The van der Waals surface area contributed by atoms with Crippen LogP contribution < -0.4 is 0 Å². The summed E-state index contributed by atoms with van der Waals surface area (Å²) < 4.78 is 44.5. The summed E-state index contributed by atoms with van der Waals surface area (Å²) in [5.74, 6) is -4.96. The number of aliphatic hydroxyl groups excluding tert-OH is 1. The van der Waals surface area contributed by atoms with Crippen LogP contribution in [0.3, 0.4) is 0 Å². The first-order valence-electron chi connectivity index (χ1n) is 13.5. The van der Waals surface area contributed by atoms with Crippen molar-refractivity contribution in [3.8, 4) is 12.1 Å². The zero-order valence-corrected chi connectivity index (χ0v) is 22.9. The Morgan fingerprint density at radius 1 is 1.15 bits per heavy atom. The number of aliphatic hydroxyl groups is 1. The minimum atomic E-state index is -2.38. The topological polar surface area (TPSA) is 137 Å². The molecule has 0 bridgehead atoms. The van der Waals surface area contributed by atoms with Crippen molar-refractivity contribution in [2.75, 3.05) is 6.61 Å². The van der Waals surface area contributed by atoms with Gasteiger partial charge in [0, 0.05) is 22.7 Å². The third-order valence-electron chi connectivity index (χ3n) is 10.2. The zero-order chi connectivity index (χ0) is 30.0. The lowest BCUT2D eigenvalue weighted by atomic mass is 9.44. The van der Waals surface area contributed by atoms with Crippen LogP contribution in [0.1, 0.15) is 56.0 Å². The van der Waals surface area contributed by atoms with Gasteiger partial charge >= 0.3 is 11.9 Å². The summed E-state index contributed by atoms with van der Waals surface area (Å²) in [5, 5.41) is 29.8. The zero-order valence-electron chi connectivity index (χ0n) is 22.9. The molecule has 4 aliphatic carbocycles. The number of fused-ring (bicyclic) bond motifs is 5. The van der Waals surface area contributed by atoms with E-state index in [0.717, 1.165) is 6.08 Å². The van der Waals surface area contributed by atoms with Crippen LogP contribution in [-0.4, -0.2) is 53.0 Å². The van der Waals surface area contributed by atoms with Gasteiger partial charge in [-0.1, -0.05) is 19.9 Å². The molecule has 1 aromatic rings. The van der Waals surface area contributed by atoms with Crippen LogP contribution in [-0.2, 0) is 19.1 Å². The molecule has 5 rings (SSSR count). The summed E-state index contributed by atoms with van der Waals surface area (Å²) in [6.45, 7) is 4.12. The maximum absolute atomic E-state index is 17.5. The molecule has 10 heteroatoms. The summed E-state index contributed by atoms with van der Waals surface area (Å²) in [6, 6.07) is 9.25. The van der Waals surface area contributed by atoms with Crippen molar-refractivity contribution in [1.82, 2.24) is 0 Å². The van der Waals surface area contributed by atoms with Gasteiger partial charge in [-0.3, -0.25) is 4.79 Å². The molecule has 0 aliphatic heterocycles. The number of halogens is 2. The largest absolute Gasteiger partial charge is 0.447 e. The second-order valence-electron chi connectivity index (χ2n) is 12.0.